The summed E-state index contributed by atoms with van der Waals surface area (Å²) in [5, 5.41) is 2.69. The van der Waals surface area contributed by atoms with Gasteiger partial charge in [-0.1, -0.05) is 42.5 Å². The van der Waals surface area contributed by atoms with Gasteiger partial charge in [-0.3, -0.25) is 4.79 Å². The topological polar surface area (TPSA) is 77.8 Å². The quantitative estimate of drug-likeness (QED) is 0.444. The second kappa shape index (κ2) is 10.1. The maximum atomic E-state index is 12.6. The van der Waals surface area contributed by atoms with E-state index >= 15 is 0 Å². The second-order valence-electron chi connectivity index (χ2n) is 6.53. The SMILES string of the molecule is Cc1cccc(OCCOC(=O)C(Cc2ccccc2)NC(=O)c2ccco2)c1. The van der Waals surface area contributed by atoms with E-state index in [1.54, 1.807) is 6.07 Å². The van der Waals surface area contributed by atoms with Crippen LogP contribution in [0.4, 0.5) is 0 Å². The molecule has 0 spiro atoms. The molecule has 0 aliphatic rings. The van der Waals surface area contributed by atoms with E-state index in [4.69, 9.17) is 13.9 Å². The highest BCUT2D eigenvalue weighted by atomic mass is 16.6. The maximum absolute atomic E-state index is 12.6. The van der Waals surface area contributed by atoms with Crippen molar-refractivity contribution in [3.8, 4) is 5.75 Å². The minimum Gasteiger partial charge on any atom is -0.490 e. The van der Waals surface area contributed by atoms with Gasteiger partial charge in [0.05, 0.1) is 6.26 Å². The van der Waals surface area contributed by atoms with Gasteiger partial charge in [-0.05, 0) is 42.3 Å². The number of aryl methyl sites for hydroxylation is 1. The molecular weight excluding hydrogens is 370 g/mol. The molecule has 0 saturated carbocycles. The molecule has 150 valence electrons. The minimum absolute atomic E-state index is 0.0781. The molecule has 2 aromatic carbocycles. The van der Waals surface area contributed by atoms with Crippen molar-refractivity contribution in [2.24, 2.45) is 0 Å². The van der Waals surface area contributed by atoms with Gasteiger partial charge in [0.15, 0.2) is 5.76 Å². The molecule has 1 amide bonds. The monoisotopic (exact) mass is 393 g/mol. The Morgan fingerprint density at radius 1 is 1.00 bits per heavy atom. The Labute approximate surface area is 169 Å². The first-order valence-electron chi connectivity index (χ1n) is 9.36. The largest absolute Gasteiger partial charge is 0.490 e. The molecule has 0 bridgehead atoms. The Hall–Kier alpha value is -3.54. The van der Waals surface area contributed by atoms with Gasteiger partial charge in [0.1, 0.15) is 25.0 Å². The van der Waals surface area contributed by atoms with Crippen molar-refractivity contribution in [3.05, 3.63) is 89.9 Å². The summed E-state index contributed by atoms with van der Waals surface area (Å²) in [5.41, 5.74) is 1.99. The predicted octanol–water partition coefficient (Wildman–Crippen LogP) is 3.55. The number of ether oxygens (including phenoxy) is 2. The first kappa shape index (κ1) is 20.2. The molecule has 6 nitrogen and oxygen atoms in total. The zero-order valence-electron chi connectivity index (χ0n) is 16.2. The summed E-state index contributed by atoms with van der Waals surface area (Å²) in [7, 11) is 0. The van der Waals surface area contributed by atoms with Gasteiger partial charge in [0, 0.05) is 6.42 Å². The van der Waals surface area contributed by atoms with Crippen LogP contribution in [0.3, 0.4) is 0 Å². The standard InChI is InChI=1S/C23H23NO5/c1-17-7-5-10-19(15-17)27-13-14-29-23(26)20(16-18-8-3-2-4-9-18)24-22(25)21-11-6-12-28-21/h2-12,15,20H,13-14,16H2,1H3,(H,24,25). The molecule has 0 aliphatic carbocycles. The molecule has 0 fully saturated rings. The average Bonchev–Trinajstić information content (AvgIpc) is 3.26. The molecule has 1 heterocycles. The summed E-state index contributed by atoms with van der Waals surface area (Å²) in [6, 6.07) is 19.4. The lowest BCUT2D eigenvalue weighted by molar-refractivity contribution is -0.146. The Bertz CT molecular complexity index is 921. The third-order valence-corrected chi connectivity index (χ3v) is 4.20. The van der Waals surface area contributed by atoms with Crippen molar-refractivity contribution >= 4 is 11.9 Å². The summed E-state index contributed by atoms with van der Waals surface area (Å²) < 4.78 is 16.0. The van der Waals surface area contributed by atoms with Crippen LogP contribution in [0.2, 0.25) is 0 Å². The van der Waals surface area contributed by atoms with E-state index < -0.39 is 17.9 Å². The molecule has 1 N–H and O–H groups in total. The maximum Gasteiger partial charge on any atom is 0.329 e. The van der Waals surface area contributed by atoms with Gasteiger partial charge in [-0.25, -0.2) is 4.79 Å². The number of carbonyl (C=O) groups excluding carboxylic acids is 2. The van der Waals surface area contributed by atoms with E-state index in [0.29, 0.717) is 12.2 Å². The van der Waals surface area contributed by atoms with Gasteiger partial charge >= 0.3 is 5.97 Å². The summed E-state index contributed by atoms with van der Waals surface area (Å²) >= 11 is 0. The van der Waals surface area contributed by atoms with Gasteiger partial charge < -0.3 is 19.2 Å². The average molecular weight is 393 g/mol. The smallest absolute Gasteiger partial charge is 0.329 e. The first-order valence-corrected chi connectivity index (χ1v) is 9.36. The highest BCUT2D eigenvalue weighted by Gasteiger charge is 2.24. The molecule has 1 atom stereocenters. The van der Waals surface area contributed by atoms with E-state index in [2.05, 4.69) is 5.32 Å². The number of carbonyl (C=O) groups is 2. The van der Waals surface area contributed by atoms with Crippen LogP contribution in [0.15, 0.2) is 77.4 Å². The fourth-order valence-corrected chi connectivity index (χ4v) is 2.79. The van der Waals surface area contributed by atoms with Crippen LogP contribution in [-0.4, -0.2) is 31.1 Å². The van der Waals surface area contributed by atoms with Gasteiger partial charge in [0.2, 0.25) is 0 Å². The lowest BCUT2D eigenvalue weighted by atomic mass is 10.1. The Morgan fingerprint density at radius 3 is 2.55 bits per heavy atom. The highest BCUT2D eigenvalue weighted by Crippen LogP contribution is 2.12. The van der Waals surface area contributed by atoms with Crippen molar-refractivity contribution in [2.75, 3.05) is 13.2 Å². The summed E-state index contributed by atoms with van der Waals surface area (Å²) in [4.78, 5) is 24.9. The van der Waals surface area contributed by atoms with Crippen LogP contribution >= 0.6 is 0 Å². The highest BCUT2D eigenvalue weighted by molar-refractivity contribution is 5.94. The van der Waals surface area contributed by atoms with E-state index in [9.17, 15) is 9.59 Å². The number of benzene rings is 2. The number of hydrogen-bond acceptors (Lipinski definition) is 5. The van der Waals surface area contributed by atoms with Crippen LogP contribution in [0.1, 0.15) is 21.7 Å². The van der Waals surface area contributed by atoms with E-state index in [1.165, 1.54) is 12.3 Å². The Balaban J connectivity index is 1.56. The molecule has 0 aliphatic heterocycles. The molecule has 1 unspecified atom stereocenters. The summed E-state index contributed by atoms with van der Waals surface area (Å²) in [6.07, 6.45) is 1.72. The third kappa shape index (κ3) is 6.24. The van der Waals surface area contributed by atoms with E-state index in [0.717, 1.165) is 11.1 Å². The van der Waals surface area contributed by atoms with Gasteiger partial charge in [0.25, 0.3) is 5.91 Å². The van der Waals surface area contributed by atoms with Gasteiger partial charge in [-0.15, -0.1) is 0 Å². The van der Waals surface area contributed by atoms with Crippen molar-refractivity contribution in [3.63, 3.8) is 0 Å². The van der Waals surface area contributed by atoms with Crippen molar-refractivity contribution < 1.29 is 23.5 Å². The number of amides is 1. The predicted molar refractivity (Wildman–Crippen MR) is 108 cm³/mol. The molecule has 3 aromatic rings. The lowest BCUT2D eigenvalue weighted by Gasteiger charge is -2.17. The molecule has 0 radical (unpaired) electrons. The second-order valence-corrected chi connectivity index (χ2v) is 6.53. The number of esters is 1. The Kier molecular flexibility index (Phi) is 7.05. The molecule has 3 rings (SSSR count). The van der Waals surface area contributed by atoms with Crippen LogP contribution < -0.4 is 10.1 Å². The normalized spacial score (nSPS) is 11.5. The summed E-state index contributed by atoms with van der Waals surface area (Å²) in [6.45, 7) is 2.27. The molecule has 29 heavy (non-hydrogen) atoms. The number of hydrogen-bond donors (Lipinski definition) is 1. The Morgan fingerprint density at radius 2 is 1.83 bits per heavy atom. The zero-order valence-corrected chi connectivity index (χ0v) is 16.2. The van der Waals surface area contributed by atoms with Crippen LogP contribution in [-0.2, 0) is 16.0 Å². The fourth-order valence-electron chi connectivity index (χ4n) is 2.79. The van der Waals surface area contributed by atoms with Crippen molar-refractivity contribution in [1.29, 1.82) is 0 Å². The molecule has 1 aromatic heterocycles. The third-order valence-electron chi connectivity index (χ3n) is 4.20. The molecule has 0 saturated heterocycles. The number of nitrogens with one attached hydrogen (secondary N) is 1. The lowest BCUT2D eigenvalue weighted by Crippen LogP contribution is -2.43. The molecular formula is C23H23NO5. The van der Waals surface area contributed by atoms with E-state index in [-0.39, 0.29) is 19.0 Å². The first-order chi connectivity index (χ1) is 14.1. The fraction of sp³-hybridized carbons (Fsp3) is 0.217. The zero-order chi connectivity index (χ0) is 20.5. The number of furan rings is 1. The van der Waals surface area contributed by atoms with Crippen LogP contribution in [0.5, 0.6) is 5.75 Å². The van der Waals surface area contributed by atoms with E-state index in [1.807, 2.05) is 61.5 Å². The number of rotatable bonds is 9. The molecule has 6 heteroatoms. The van der Waals surface area contributed by atoms with Crippen LogP contribution in [0.25, 0.3) is 0 Å². The van der Waals surface area contributed by atoms with Gasteiger partial charge in [-0.2, -0.15) is 0 Å². The minimum atomic E-state index is -0.839. The van der Waals surface area contributed by atoms with Crippen molar-refractivity contribution in [2.45, 2.75) is 19.4 Å². The van der Waals surface area contributed by atoms with Crippen molar-refractivity contribution in [1.82, 2.24) is 5.32 Å². The summed E-state index contributed by atoms with van der Waals surface area (Å²) in [5.74, 6) is -0.142. The van der Waals surface area contributed by atoms with Crippen LogP contribution in [0, 0.1) is 6.92 Å².